The molecule has 13 heteroatoms. The Bertz CT molecular complexity index is 2230. The molecule has 45 heavy (non-hydrogen) atoms. The molecule has 4 heterocycles. The molecule has 1 aliphatic rings. The molecule has 4 aromatic heterocycles. The zero-order valence-corrected chi connectivity index (χ0v) is 24.9. The summed E-state index contributed by atoms with van der Waals surface area (Å²) in [5.41, 5.74) is 4.72. The summed E-state index contributed by atoms with van der Waals surface area (Å²) in [5.74, 6) is -0.781. The van der Waals surface area contributed by atoms with Crippen LogP contribution in [0.1, 0.15) is 24.8 Å². The predicted molar refractivity (Wildman–Crippen MR) is 167 cm³/mol. The second-order valence-electron chi connectivity index (χ2n) is 11.4. The van der Waals surface area contributed by atoms with Crippen molar-refractivity contribution < 1.29 is 22.0 Å². The largest absolute Gasteiger partial charge is 0.335 e. The Balaban J connectivity index is 1.25. The van der Waals surface area contributed by atoms with Gasteiger partial charge in [0, 0.05) is 52.7 Å². The van der Waals surface area contributed by atoms with Gasteiger partial charge in [-0.05, 0) is 60.7 Å². The number of aryl methyl sites for hydroxylation is 1. The molecule has 10 nitrogen and oxygen atoms in total. The van der Waals surface area contributed by atoms with Crippen LogP contribution in [0.25, 0.3) is 55.8 Å². The van der Waals surface area contributed by atoms with E-state index in [0.29, 0.717) is 61.5 Å². The molecule has 0 aliphatic heterocycles. The van der Waals surface area contributed by atoms with Crippen LogP contribution in [0.3, 0.4) is 0 Å². The summed E-state index contributed by atoms with van der Waals surface area (Å²) >= 11 is 0. The minimum absolute atomic E-state index is 0.00288. The molecular weight excluding hydrogens is 600 g/mol. The highest BCUT2D eigenvalue weighted by Gasteiger charge is 2.25. The third-order valence-electron chi connectivity index (χ3n) is 8.09. The van der Waals surface area contributed by atoms with Gasteiger partial charge in [-0.15, -0.1) is 0 Å². The number of pyridine rings is 2. The lowest BCUT2D eigenvalue weighted by molar-refractivity contribution is -0.122. The Morgan fingerprint density at radius 3 is 2.67 bits per heavy atom. The maximum absolute atomic E-state index is 15.3. The van der Waals surface area contributed by atoms with Crippen LogP contribution in [0.4, 0.5) is 14.5 Å². The lowest BCUT2D eigenvalue weighted by Gasteiger charge is -2.24. The standard InChI is InChI=1S/C32H27F2N7O3S/c1-45(43,44)8-6-17-9-19(11-21(33)10-17)23-5-7-36-30-28(23)38-31(39-30)29-25-13-24(26(34)14-27(25)40-41-29)20-12-22(16-35-15-20)37-32(42)18-3-2-4-18/h5,7,9-16,18H,2-4,6,8H2,1H3,(H,37,42)(H,40,41)(H,36,38,39). The second-order valence-corrected chi connectivity index (χ2v) is 13.7. The number of H-pyrrole nitrogens is 2. The summed E-state index contributed by atoms with van der Waals surface area (Å²) in [7, 11) is -3.22. The number of amides is 1. The Morgan fingerprint density at radius 1 is 1.04 bits per heavy atom. The molecule has 0 bridgehead atoms. The van der Waals surface area contributed by atoms with Gasteiger partial charge in [0.2, 0.25) is 5.91 Å². The monoisotopic (exact) mass is 627 g/mol. The predicted octanol–water partition coefficient (Wildman–Crippen LogP) is 5.83. The van der Waals surface area contributed by atoms with E-state index in [1.807, 2.05) is 0 Å². The van der Waals surface area contributed by atoms with Crippen LogP contribution in [0, 0.1) is 17.6 Å². The average molecular weight is 628 g/mol. The first-order valence-electron chi connectivity index (χ1n) is 14.4. The maximum atomic E-state index is 15.3. The molecule has 1 saturated carbocycles. The number of carbonyl (C=O) groups excluding carboxylic acids is 1. The third-order valence-corrected chi connectivity index (χ3v) is 9.04. The van der Waals surface area contributed by atoms with Gasteiger partial charge in [-0.3, -0.25) is 14.9 Å². The summed E-state index contributed by atoms with van der Waals surface area (Å²) in [6.45, 7) is 0. The summed E-state index contributed by atoms with van der Waals surface area (Å²) < 4.78 is 53.3. The summed E-state index contributed by atoms with van der Waals surface area (Å²) in [4.78, 5) is 28.9. The molecule has 7 rings (SSSR count). The second kappa shape index (κ2) is 11.1. The molecule has 1 fully saturated rings. The minimum atomic E-state index is -3.22. The van der Waals surface area contributed by atoms with E-state index in [4.69, 9.17) is 0 Å². The van der Waals surface area contributed by atoms with Gasteiger partial charge in [0.25, 0.3) is 0 Å². The molecule has 0 spiro atoms. The van der Waals surface area contributed by atoms with Gasteiger partial charge >= 0.3 is 0 Å². The fourth-order valence-corrected chi connectivity index (χ4v) is 6.13. The number of sulfone groups is 1. The fourth-order valence-electron chi connectivity index (χ4n) is 5.53. The number of imidazole rings is 1. The average Bonchev–Trinajstić information content (AvgIpc) is 3.58. The molecule has 0 atom stereocenters. The number of benzene rings is 2. The molecule has 228 valence electrons. The minimum Gasteiger partial charge on any atom is -0.335 e. The Kier molecular flexibility index (Phi) is 7.11. The lowest BCUT2D eigenvalue weighted by Crippen LogP contribution is -2.28. The van der Waals surface area contributed by atoms with Crippen LogP contribution < -0.4 is 5.32 Å². The number of aromatic nitrogens is 6. The summed E-state index contributed by atoms with van der Waals surface area (Å²) in [6, 6.07) is 10.9. The van der Waals surface area contributed by atoms with Gasteiger partial charge in [-0.1, -0.05) is 12.5 Å². The highest BCUT2D eigenvalue weighted by Crippen LogP contribution is 2.35. The highest BCUT2D eigenvalue weighted by atomic mass is 32.2. The van der Waals surface area contributed by atoms with Crippen LogP contribution in [0.2, 0.25) is 0 Å². The van der Waals surface area contributed by atoms with Crippen LogP contribution >= 0.6 is 0 Å². The van der Waals surface area contributed by atoms with Crippen molar-refractivity contribution in [3.63, 3.8) is 0 Å². The molecule has 0 unspecified atom stereocenters. The van der Waals surface area contributed by atoms with Crippen molar-refractivity contribution in [3.05, 3.63) is 78.3 Å². The number of fused-ring (bicyclic) bond motifs is 2. The number of halogens is 2. The lowest BCUT2D eigenvalue weighted by atomic mass is 9.85. The van der Waals surface area contributed by atoms with E-state index < -0.39 is 21.5 Å². The molecule has 1 aliphatic carbocycles. The SMILES string of the molecule is CS(=O)(=O)CCc1cc(F)cc(-c2ccnc3nc(-c4n[nH]c5cc(F)c(-c6cncc(NC(=O)C7CCC7)c6)cc45)[nH]c23)c1. The molecule has 6 aromatic rings. The van der Waals surface area contributed by atoms with E-state index in [0.717, 1.165) is 25.5 Å². The van der Waals surface area contributed by atoms with Crippen molar-refractivity contribution in [1.82, 2.24) is 30.1 Å². The number of hydrogen-bond acceptors (Lipinski definition) is 7. The van der Waals surface area contributed by atoms with Gasteiger partial charge < -0.3 is 10.3 Å². The van der Waals surface area contributed by atoms with Crippen molar-refractivity contribution in [3.8, 4) is 33.8 Å². The zero-order valence-electron chi connectivity index (χ0n) is 24.1. The molecule has 2 aromatic carbocycles. The number of aromatic amines is 2. The van der Waals surface area contributed by atoms with Crippen LogP contribution in [0.5, 0.6) is 0 Å². The topological polar surface area (TPSA) is 146 Å². The van der Waals surface area contributed by atoms with Crippen molar-refractivity contribution >= 4 is 43.5 Å². The molecule has 1 amide bonds. The van der Waals surface area contributed by atoms with Gasteiger partial charge in [-0.25, -0.2) is 27.2 Å². The van der Waals surface area contributed by atoms with Gasteiger partial charge in [0.15, 0.2) is 11.5 Å². The fraction of sp³-hybridized carbons (Fsp3) is 0.219. The van der Waals surface area contributed by atoms with E-state index in [1.165, 1.54) is 30.6 Å². The summed E-state index contributed by atoms with van der Waals surface area (Å²) in [5, 5.41) is 10.7. The van der Waals surface area contributed by atoms with Gasteiger partial charge in [-0.2, -0.15) is 5.10 Å². The molecular formula is C32H27F2N7O3S. The highest BCUT2D eigenvalue weighted by molar-refractivity contribution is 7.90. The number of nitrogens with one attached hydrogen (secondary N) is 3. The van der Waals surface area contributed by atoms with Crippen LogP contribution in [0.15, 0.2) is 61.1 Å². The Hall–Kier alpha value is -5.04. The van der Waals surface area contributed by atoms with Crippen LogP contribution in [-0.4, -0.2) is 56.5 Å². The van der Waals surface area contributed by atoms with Crippen molar-refractivity contribution in [2.75, 3.05) is 17.3 Å². The quantitative estimate of drug-likeness (QED) is 0.192. The smallest absolute Gasteiger partial charge is 0.227 e. The third kappa shape index (κ3) is 5.78. The van der Waals surface area contributed by atoms with E-state index in [2.05, 4.69) is 35.5 Å². The first kappa shape index (κ1) is 28.7. The van der Waals surface area contributed by atoms with E-state index in [9.17, 15) is 17.6 Å². The molecule has 3 N–H and O–H groups in total. The Labute approximate surface area is 256 Å². The van der Waals surface area contributed by atoms with Crippen molar-refractivity contribution in [2.24, 2.45) is 5.92 Å². The van der Waals surface area contributed by atoms with E-state index >= 15 is 4.39 Å². The Morgan fingerprint density at radius 2 is 1.89 bits per heavy atom. The molecule has 0 radical (unpaired) electrons. The number of carbonyl (C=O) groups is 1. The maximum Gasteiger partial charge on any atom is 0.227 e. The van der Waals surface area contributed by atoms with Crippen LogP contribution in [-0.2, 0) is 21.1 Å². The van der Waals surface area contributed by atoms with Gasteiger partial charge in [0.05, 0.1) is 28.7 Å². The van der Waals surface area contributed by atoms with Crippen molar-refractivity contribution in [1.29, 1.82) is 0 Å². The first-order valence-corrected chi connectivity index (χ1v) is 16.4. The number of anilines is 1. The van der Waals surface area contributed by atoms with Gasteiger partial charge in [0.1, 0.15) is 27.2 Å². The molecule has 0 saturated heterocycles. The number of hydrogen-bond donors (Lipinski definition) is 3. The zero-order chi connectivity index (χ0) is 31.3. The summed E-state index contributed by atoms with van der Waals surface area (Å²) in [6.07, 6.45) is 8.71. The van der Waals surface area contributed by atoms with E-state index in [-0.39, 0.29) is 29.6 Å². The first-order chi connectivity index (χ1) is 21.6. The van der Waals surface area contributed by atoms with E-state index in [1.54, 1.807) is 30.5 Å². The number of rotatable bonds is 8. The number of nitrogens with zero attached hydrogens (tertiary/aromatic N) is 4. The normalized spacial score (nSPS) is 13.8. The van der Waals surface area contributed by atoms with Crippen molar-refractivity contribution in [2.45, 2.75) is 25.7 Å².